The summed E-state index contributed by atoms with van der Waals surface area (Å²) in [6.45, 7) is 7.04. The maximum Gasteiger partial charge on any atom is 0.348 e. The zero-order valence-corrected chi connectivity index (χ0v) is 19.8. The van der Waals surface area contributed by atoms with Crippen LogP contribution in [0, 0.1) is 13.8 Å². The number of fused-ring (bicyclic) bond motifs is 1. The summed E-state index contributed by atoms with van der Waals surface area (Å²) in [5, 5.41) is 0.988. The van der Waals surface area contributed by atoms with E-state index in [2.05, 4.69) is 40.8 Å². The number of aromatic nitrogens is 2. The van der Waals surface area contributed by atoms with E-state index in [0.29, 0.717) is 35.1 Å². The lowest BCUT2D eigenvalue weighted by Gasteiger charge is -2.23. The second-order valence-corrected chi connectivity index (χ2v) is 8.84. The number of aryl methyl sites for hydroxylation is 2. The Morgan fingerprint density at radius 2 is 1.88 bits per heavy atom. The van der Waals surface area contributed by atoms with E-state index in [1.807, 2.05) is 49.4 Å². The van der Waals surface area contributed by atoms with Crippen LogP contribution in [0.4, 0.5) is 11.5 Å². The Labute approximate surface area is 196 Å². The molecule has 2 heterocycles. The molecule has 0 spiro atoms. The van der Waals surface area contributed by atoms with E-state index in [9.17, 15) is 4.79 Å². The average Bonchev–Trinajstić information content (AvgIpc) is 3.11. The number of nitrogens with zero attached hydrogens (tertiary/aromatic N) is 3. The van der Waals surface area contributed by atoms with Crippen LogP contribution < -0.4 is 4.90 Å². The molecule has 0 bridgehead atoms. The van der Waals surface area contributed by atoms with Gasteiger partial charge < -0.3 is 9.64 Å². The third kappa shape index (κ3) is 4.61. The van der Waals surface area contributed by atoms with Gasteiger partial charge in [0.2, 0.25) is 5.28 Å². The molecule has 4 aromatic rings. The minimum absolute atomic E-state index is 0.156. The summed E-state index contributed by atoms with van der Waals surface area (Å²) in [5.41, 5.74) is 4.11. The van der Waals surface area contributed by atoms with E-state index in [4.69, 9.17) is 16.3 Å². The molecule has 0 atom stereocenters. The lowest BCUT2D eigenvalue weighted by Crippen LogP contribution is -2.18. The van der Waals surface area contributed by atoms with E-state index in [-0.39, 0.29) is 11.3 Å². The van der Waals surface area contributed by atoms with Gasteiger partial charge in [-0.05, 0) is 61.2 Å². The van der Waals surface area contributed by atoms with E-state index in [0.717, 1.165) is 27.8 Å². The first kappa shape index (κ1) is 22.2. The Morgan fingerprint density at radius 1 is 1.09 bits per heavy atom. The topological polar surface area (TPSA) is 55.3 Å². The number of hydrogen-bond donors (Lipinski definition) is 0. The third-order valence-electron chi connectivity index (χ3n) is 5.28. The summed E-state index contributed by atoms with van der Waals surface area (Å²) >= 11 is 7.57. The third-order valence-corrected chi connectivity index (χ3v) is 6.62. The van der Waals surface area contributed by atoms with Gasteiger partial charge in [0, 0.05) is 18.7 Å². The predicted molar refractivity (Wildman–Crippen MR) is 131 cm³/mol. The molecule has 2 aromatic carbocycles. The molecule has 0 unspecified atom stereocenters. The summed E-state index contributed by atoms with van der Waals surface area (Å²) < 4.78 is 5.58. The molecule has 5 nitrogen and oxygen atoms in total. The summed E-state index contributed by atoms with van der Waals surface area (Å²) in [7, 11) is 0. The molecule has 0 aliphatic rings. The van der Waals surface area contributed by atoms with E-state index >= 15 is 0 Å². The Morgan fingerprint density at radius 3 is 2.59 bits per heavy atom. The number of carbonyl (C=O) groups excluding carboxylic acids is 1. The summed E-state index contributed by atoms with van der Waals surface area (Å²) in [6, 6.07) is 18.2. The fraction of sp³-hybridized carbons (Fsp3) is 0.240. The average molecular weight is 466 g/mol. The van der Waals surface area contributed by atoms with Crippen LogP contribution in [0.2, 0.25) is 5.28 Å². The predicted octanol–water partition coefficient (Wildman–Crippen LogP) is 6.52. The first-order chi connectivity index (χ1) is 15.5. The zero-order chi connectivity index (χ0) is 22.7. The molecule has 32 heavy (non-hydrogen) atoms. The van der Waals surface area contributed by atoms with Gasteiger partial charge in [-0.15, -0.1) is 11.3 Å². The highest BCUT2D eigenvalue weighted by molar-refractivity contribution is 7.20. The molecule has 0 aliphatic heterocycles. The molecule has 2 aromatic heterocycles. The molecule has 0 saturated heterocycles. The Kier molecular flexibility index (Phi) is 6.72. The molecular weight excluding hydrogens is 442 g/mol. The van der Waals surface area contributed by atoms with Crippen molar-refractivity contribution in [2.45, 2.75) is 27.2 Å². The number of carbonyl (C=O) groups is 1. The molecule has 0 saturated carbocycles. The zero-order valence-electron chi connectivity index (χ0n) is 18.3. The fourth-order valence-corrected chi connectivity index (χ4v) is 4.99. The van der Waals surface area contributed by atoms with Gasteiger partial charge in [-0.2, -0.15) is 4.98 Å². The fourth-order valence-electron chi connectivity index (χ4n) is 3.70. The van der Waals surface area contributed by atoms with Crippen LogP contribution in [0.25, 0.3) is 10.2 Å². The van der Waals surface area contributed by atoms with Crippen LogP contribution in [-0.2, 0) is 11.2 Å². The van der Waals surface area contributed by atoms with E-state index in [1.54, 1.807) is 0 Å². The molecule has 0 aliphatic carbocycles. The standard InChI is InChI=1S/C25H24ClN3O2S/c1-4-29(19-12-8-9-16(2)15-19)22-20-17(3)21(32-23(20)28-25(26)27-22)24(30)31-14-13-18-10-6-5-7-11-18/h5-12,15H,4,13-14H2,1-3H3. The van der Waals surface area contributed by atoms with Crippen molar-refractivity contribution in [2.75, 3.05) is 18.1 Å². The van der Waals surface area contributed by atoms with Crippen molar-refractivity contribution in [3.05, 3.63) is 81.4 Å². The number of rotatable bonds is 7. The minimum Gasteiger partial charge on any atom is -0.461 e. The minimum atomic E-state index is -0.345. The highest BCUT2D eigenvalue weighted by Gasteiger charge is 2.24. The van der Waals surface area contributed by atoms with Crippen molar-refractivity contribution >= 4 is 50.6 Å². The van der Waals surface area contributed by atoms with Crippen molar-refractivity contribution in [1.29, 1.82) is 0 Å². The summed E-state index contributed by atoms with van der Waals surface area (Å²) in [5.74, 6) is 0.354. The lowest BCUT2D eigenvalue weighted by atomic mass is 10.1. The molecule has 0 fully saturated rings. The Hall–Kier alpha value is -2.96. The number of anilines is 2. The van der Waals surface area contributed by atoms with E-state index in [1.165, 1.54) is 11.3 Å². The first-order valence-corrected chi connectivity index (χ1v) is 11.7. The number of thiophene rings is 1. The summed E-state index contributed by atoms with van der Waals surface area (Å²) in [4.78, 5) is 25.1. The number of ether oxygens (including phenoxy) is 1. The number of hydrogen-bond acceptors (Lipinski definition) is 6. The lowest BCUT2D eigenvalue weighted by molar-refractivity contribution is 0.0514. The molecule has 0 radical (unpaired) electrons. The van der Waals surface area contributed by atoms with Crippen molar-refractivity contribution in [3.63, 3.8) is 0 Å². The number of halogens is 1. The smallest absolute Gasteiger partial charge is 0.348 e. The van der Waals surface area contributed by atoms with Crippen LogP contribution >= 0.6 is 22.9 Å². The quantitative estimate of drug-likeness (QED) is 0.230. The van der Waals surface area contributed by atoms with Crippen molar-refractivity contribution < 1.29 is 9.53 Å². The Bertz CT molecular complexity index is 1260. The largest absolute Gasteiger partial charge is 0.461 e. The summed E-state index contributed by atoms with van der Waals surface area (Å²) in [6.07, 6.45) is 0.671. The van der Waals surface area contributed by atoms with Gasteiger partial charge >= 0.3 is 5.97 Å². The maximum absolute atomic E-state index is 12.9. The van der Waals surface area contributed by atoms with Gasteiger partial charge in [-0.25, -0.2) is 9.78 Å². The monoisotopic (exact) mass is 465 g/mol. The molecule has 0 amide bonds. The maximum atomic E-state index is 12.9. The van der Waals surface area contributed by atoms with Gasteiger partial charge in [0.25, 0.3) is 0 Å². The second kappa shape index (κ2) is 9.67. The van der Waals surface area contributed by atoms with E-state index < -0.39 is 0 Å². The van der Waals surface area contributed by atoms with Crippen LogP contribution in [0.1, 0.15) is 33.3 Å². The van der Waals surface area contributed by atoms with Crippen LogP contribution in [0.5, 0.6) is 0 Å². The molecule has 7 heteroatoms. The molecule has 0 N–H and O–H groups in total. The van der Waals surface area contributed by atoms with Crippen molar-refractivity contribution in [3.8, 4) is 0 Å². The van der Waals surface area contributed by atoms with Gasteiger partial charge in [0.05, 0.1) is 12.0 Å². The van der Waals surface area contributed by atoms with Gasteiger partial charge in [0.1, 0.15) is 15.5 Å². The van der Waals surface area contributed by atoms with Gasteiger partial charge in [-0.3, -0.25) is 0 Å². The highest BCUT2D eigenvalue weighted by Crippen LogP contribution is 2.39. The SMILES string of the molecule is CCN(c1cccc(C)c1)c1nc(Cl)nc2sc(C(=O)OCCc3ccccc3)c(C)c12. The molecular formula is C25H24ClN3O2S. The first-order valence-electron chi connectivity index (χ1n) is 10.5. The second-order valence-electron chi connectivity index (χ2n) is 7.51. The van der Waals surface area contributed by atoms with Crippen LogP contribution in [0.15, 0.2) is 54.6 Å². The number of esters is 1. The molecule has 164 valence electrons. The van der Waals surface area contributed by atoms with Crippen molar-refractivity contribution in [2.24, 2.45) is 0 Å². The Balaban J connectivity index is 1.66. The highest BCUT2D eigenvalue weighted by atomic mass is 35.5. The van der Waals surface area contributed by atoms with Crippen LogP contribution in [0.3, 0.4) is 0 Å². The normalized spacial score (nSPS) is 11.0. The number of benzene rings is 2. The van der Waals surface area contributed by atoms with Gasteiger partial charge in [-0.1, -0.05) is 42.5 Å². The molecule has 4 rings (SSSR count). The van der Waals surface area contributed by atoms with Crippen molar-refractivity contribution in [1.82, 2.24) is 9.97 Å². The van der Waals surface area contributed by atoms with Crippen LogP contribution in [-0.4, -0.2) is 29.1 Å². The van der Waals surface area contributed by atoms with Gasteiger partial charge in [0.15, 0.2) is 0 Å².